The van der Waals surface area contributed by atoms with Gasteiger partial charge in [-0.15, -0.1) is 0 Å². The van der Waals surface area contributed by atoms with Crippen molar-refractivity contribution >= 4 is 45.2 Å². The van der Waals surface area contributed by atoms with Crippen molar-refractivity contribution in [2.75, 3.05) is 18.4 Å². The maximum Gasteiger partial charge on any atom is 0.270 e. The fourth-order valence-corrected chi connectivity index (χ4v) is 3.23. The van der Waals surface area contributed by atoms with Gasteiger partial charge in [0.05, 0.1) is 15.1 Å². The summed E-state index contributed by atoms with van der Waals surface area (Å²) in [4.78, 5) is 24.8. The zero-order valence-corrected chi connectivity index (χ0v) is 17.2. The van der Waals surface area contributed by atoms with Crippen LogP contribution in [0.1, 0.15) is 40.6 Å². The molecular formula is C18H21BrClN5O2. The summed E-state index contributed by atoms with van der Waals surface area (Å²) in [5.74, 6) is 0.314. The van der Waals surface area contributed by atoms with E-state index in [2.05, 4.69) is 42.1 Å². The van der Waals surface area contributed by atoms with Gasteiger partial charge in [0.1, 0.15) is 5.69 Å². The van der Waals surface area contributed by atoms with Crippen molar-refractivity contribution in [1.29, 1.82) is 0 Å². The van der Waals surface area contributed by atoms with Crippen molar-refractivity contribution in [2.45, 2.75) is 25.8 Å². The number of benzene rings is 1. The van der Waals surface area contributed by atoms with E-state index in [1.165, 1.54) is 12.8 Å². The van der Waals surface area contributed by atoms with Gasteiger partial charge in [0.2, 0.25) is 0 Å². The number of rotatable bonds is 8. The first-order chi connectivity index (χ1) is 13.0. The number of aromatic amines is 1. The average Bonchev–Trinajstić information content (AvgIpc) is 3.38. The van der Waals surface area contributed by atoms with Crippen LogP contribution in [0.25, 0.3) is 0 Å². The van der Waals surface area contributed by atoms with Crippen LogP contribution in [-0.4, -0.2) is 41.1 Å². The molecule has 1 saturated carbocycles. The summed E-state index contributed by atoms with van der Waals surface area (Å²) in [6, 6.07) is 6.67. The van der Waals surface area contributed by atoms with Gasteiger partial charge in [-0.2, -0.15) is 5.10 Å². The zero-order chi connectivity index (χ0) is 19.4. The molecule has 2 amide bonds. The molecule has 144 valence electrons. The lowest BCUT2D eigenvalue weighted by Crippen LogP contribution is -2.40. The summed E-state index contributed by atoms with van der Waals surface area (Å²) in [5.41, 5.74) is 0.578. The van der Waals surface area contributed by atoms with Gasteiger partial charge >= 0.3 is 0 Å². The van der Waals surface area contributed by atoms with E-state index >= 15 is 0 Å². The summed E-state index contributed by atoms with van der Waals surface area (Å²) in [7, 11) is 0. The molecule has 0 bridgehead atoms. The minimum absolute atomic E-state index is 0.0346. The SMILES string of the molecule is CC(CNCC1CC1)NC(=O)c1[nH]nc(NC(=O)c2ccccc2Cl)c1Br. The lowest BCUT2D eigenvalue weighted by atomic mass is 10.2. The Kier molecular flexibility index (Phi) is 6.51. The highest BCUT2D eigenvalue weighted by Gasteiger charge is 2.22. The number of anilines is 1. The highest BCUT2D eigenvalue weighted by atomic mass is 79.9. The van der Waals surface area contributed by atoms with Gasteiger partial charge in [0, 0.05) is 12.6 Å². The van der Waals surface area contributed by atoms with Crippen LogP contribution >= 0.6 is 27.5 Å². The lowest BCUT2D eigenvalue weighted by Gasteiger charge is -2.14. The highest BCUT2D eigenvalue weighted by molar-refractivity contribution is 9.10. The van der Waals surface area contributed by atoms with Crippen molar-refractivity contribution in [3.8, 4) is 0 Å². The molecule has 1 aromatic carbocycles. The number of aromatic nitrogens is 2. The van der Waals surface area contributed by atoms with Gasteiger partial charge in [-0.05, 0) is 60.3 Å². The molecule has 1 unspecified atom stereocenters. The van der Waals surface area contributed by atoms with Crippen molar-refractivity contribution < 1.29 is 9.59 Å². The first-order valence-electron chi connectivity index (χ1n) is 8.77. The number of halogens is 2. The average molecular weight is 455 g/mol. The maximum atomic E-state index is 12.4. The molecule has 0 aliphatic heterocycles. The first kappa shape index (κ1) is 19.9. The van der Waals surface area contributed by atoms with Crippen molar-refractivity contribution in [1.82, 2.24) is 20.8 Å². The summed E-state index contributed by atoms with van der Waals surface area (Å²) in [6.45, 7) is 3.62. The second-order valence-electron chi connectivity index (χ2n) is 6.67. The van der Waals surface area contributed by atoms with Gasteiger partial charge in [0.25, 0.3) is 11.8 Å². The van der Waals surface area contributed by atoms with Crippen LogP contribution in [0.3, 0.4) is 0 Å². The summed E-state index contributed by atoms with van der Waals surface area (Å²) < 4.78 is 0.388. The molecule has 1 aliphatic rings. The second-order valence-corrected chi connectivity index (χ2v) is 7.87. The molecule has 27 heavy (non-hydrogen) atoms. The minimum Gasteiger partial charge on any atom is -0.347 e. The van der Waals surface area contributed by atoms with Crippen LogP contribution in [0, 0.1) is 5.92 Å². The van der Waals surface area contributed by atoms with Crippen molar-refractivity contribution in [3.63, 3.8) is 0 Å². The van der Waals surface area contributed by atoms with E-state index in [9.17, 15) is 9.59 Å². The van der Waals surface area contributed by atoms with E-state index < -0.39 is 5.91 Å². The van der Waals surface area contributed by atoms with E-state index in [1.807, 2.05) is 6.92 Å². The Morgan fingerprint density at radius 3 is 2.78 bits per heavy atom. The maximum absolute atomic E-state index is 12.4. The molecule has 1 fully saturated rings. The number of nitrogens with one attached hydrogen (secondary N) is 4. The van der Waals surface area contributed by atoms with Crippen LogP contribution in [0.15, 0.2) is 28.7 Å². The molecule has 1 heterocycles. The smallest absolute Gasteiger partial charge is 0.270 e. The van der Waals surface area contributed by atoms with E-state index in [-0.39, 0.29) is 23.5 Å². The summed E-state index contributed by atoms with van der Waals surface area (Å²) >= 11 is 9.36. The molecule has 0 saturated heterocycles. The normalized spacial score (nSPS) is 14.6. The molecule has 9 heteroatoms. The van der Waals surface area contributed by atoms with Crippen molar-refractivity contribution in [3.05, 3.63) is 45.0 Å². The standard InChI is InChI=1S/C18H21BrClN5O2/c1-10(8-21-9-11-6-7-11)22-18(27)15-14(19)16(25-24-15)23-17(26)12-4-2-3-5-13(12)20/h2-5,10-11,21H,6-9H2,1H3,(H,22,27)(H2,23,24,25,26). The molecule has 2 aromatic rings. The predicted molar refractivity (Wildman–Crippen MR) is 108 cm³/mol. The molecule has 4 N–H and O–H groups in total. The largest absolute Gasteiger partial charge is 0.347 e. The van der Waals surface area contributed by atoms with Crippen LogP contribution in [-0.2, 0) is 0 Å². The Balaban J connectivity index is 1.57. The molecule has 3 rings (SSSR count). The Labute approximate surface area is 170 Å². The van der Waals surface area contributed by atoms with Crippen LogP contribution < -0.4 is 16.0 Å². The predicted octanol–water partition coefficient (Wildman–Crippen LogP) is 3.20. The number of hydrogen-bond acceptors (Lipinski definition) is 4. The summed E-state index contributed by atoms with van der Waals surface area (Å²) in [6.07, 6.45) is 2.58. The third-order valence-corrected chi connectivity index (χ3v) is 5.34. The molecule has 1 aromatic heterocycles. The number of amides is 2. The Hall–Kier alpha value is -1.90. The number of nitrogens with zero attached hydrogens (tertiary/aromatic N) is 1. The van der Waals surface area contributed by atoms with Crippen molar-refractivity contribution in [2.24, 2.45) is 5.92 Å². The fourth-order valence-electron chi connectivity index (χ4n) is 2.55. The lowest BCUT2D eigenvalue weighted by molar-refractivity contribution is 0.0933. The molecule has 0 radical (unpaired) electrons. The highest BCUT2D eigenvalue weighted by Crippen LogP contribution is 2.27. The topological polar surface area (TPSA) is 98.9 Å². The quantitative estimate of drug-likeness (QED) is 0.492. The zero-order valence-electron chi connectivity index (χ0n) is 14.8. The van der Waals surface area contributed by atoms with E-state index in [4.69, 9.17) is 11.6 Å². The van der Waals surface area contributed by atoms with E-state index in [0.29, 0.717) is 21.6 Å². The van der Waals surface area contributed by atoms with Gasteiger partial charge in [-0.25, -0.2) is 0 Å². The van der Waals surface area contributed by atoms with Gasteiger partial charge in [0.15, 0.2) is 5.82 Å². The first-order valence-corrected chi connectivity index (χ1v) is 9.94. The Morgan fingerprint density at radius 1 is 1.33 bits per heavy atom. The number of carbonyl (C=O) groups is 2. The van der Waals surface area contributed by atoms with Gasteiger partial charge in [-0.1, -0.05) is 23.7 Å². The Bertz CT molecular complexity index is 837. The third-order valence-electron chi connectivity index (χ3n) is 4.24. The van der Waals surface area contributed by atoms with Crippen LogP contribution in [0.4, 0.5) is 5.82 Å². The number of carbonyl (C=O) groups excluding carboxylic acids is 2. The Morgan fingerprint density at radius 2 is 2.07 bits per heavy atom. The van der Waals surface area contributed by atoms with E-state index in [0.717, 1.165) is 12.5 Å². The molecule has 0 spiro atoms. The summed E-state index contributed by atoms with van der Waals surface area (Å²) in [5, 5.41) is 15.9. The fraction of sp³-hybridized carbons (Fsp3) is 0.389. The van der Waals surface area contributed by atoms with Gasteiger partial charge in [-0.3, -0.25) is 14.7 Å². The number of H-pyrrole nitrogens is 1. The minimum atomic E-state index is -0.405. The number of hydrogen-bond donors (Lipinski definition) is 4. The van der Waals surface area contributed by atoms with Crippen LogP contribution in [0.5, 0.6) is 0 Å². The van der Waals surface area contributed by atoms with E-state index in [1.54, 1.807) is 24.3 Å². The molecule has 1 atom stereocenters. The van der Waals surface area contributed by atoms with Gasteiger partial charge < -0.3 is 16.0 Å². The molecular weight excluding hydrogens is 434 g/mol. The molecule has 7 nitrogen and oxygen atoms in total. The van der Waals surface area contributed by atoms with Crippen LogP contribution in [0.2, 0.25) is 5.02 Å². The molecule has 1 aliphatic carbocycles. The monoisotopic (exact) mass is 453 g/mol. The second kappa shape index (κ2) is 8.86. The third kappa shape index (κ3) is 5.31.